The number of pyridine rings is 1. The average Bonchev–Trinajstić information content (AvgIpc) is 2.52. The van der Waals surface area contributed by atoms with Crippen molar-refractivity contribution in [3.05, 3.63) is 47.1 Å². The number of carbonyl (C=O) groups is 1. The van der Waals surface area contributed by atoms with Crippen molar-refractivity contribution in [1.82, 2.24) is 4.98 Å². The number of hydrogen-bond donors (Lipinski definition) is 1. The molecule has 0 aliphatic rings. The van der Waals surface area contributed by atoms with Crippen molar-refractivity contribution in [2.24, 2.45) is 0 Å². The van der Waals surface area contributed by atoms with Gasteiger partial charge in [-0.1, -0.05) is 11.6 Å². The van der Waals surface area contributed by atoms with Gasteiger partial charge in [-0.3, -0.25) is 4.79 Å². The molecule has 0 radical (unpaired) electrons. The Bertz CT molecular complexity index is 749. The van der Waals surface area contributed by atoms with Gasteiger partial charge in [0, 0.05) is 31.4 Å². The van der Waals surface area contributed by atoms with Gasteiger partial charge < -0.3 is 15.0 Å². The number of hydrogen-bond acceptors (Lipinski definition) is 4. The Morgan fingerprint density at radius 2 is 2.00 bits per heavy atom. The van der Waals surface area contributed by atoms with Gasteiger partial charge >= 0.3 is 6.18 Å². The number of benzene rings is 1. The van der Waals surface area contributed by atoms with Gasteiger partial charge in [0.25, 0.3) is 5.91 Å². The summed E-state index contributed by atoms with van der Waals surface area (Å²) in [4.78, 5) is 17.8. The lowest BCUT2D eigenvalue weighted by molar-refractivity contribution is -0.154. The van der Waals surface area contributed by atoms with Crippen LogP contribution in [0.5, 0.6) is 5.88 Å². The van der Waals surface area contributed by atoms with Crippen LogP contribution in [0.2, 0.25) is 5.02 Å². The van der Waals surface area contributed by atoms with Gasteiger partial charge in [-0.05, 0) is 24.3 Å². The molecule has 1 N–H and O–H groups in total. The number of nitrogens with one attached hydrogen (secondary N) is 1. The minimum atomic E-state index is -4.45. The van der Waals surface area contributed by atoms with Crippen molar-refractivity contribution < 1.29 is 22.7 Å². The van der Waals surface area contributed by atoms with E-state index in [1.807, 2.05) is 14.1 Å². The van der Waals surface area contributed by atoms with Crippen LogP contribution in [-0.4, -0.2) is 37.8 Å². The third kappa shape index (κ3) is 5.53. The zero-order valence-electron chi connectivity index (χ0n) is 13.4. The van der Waals surface area contributed by atoms with Crippen molar-refractivity contribution in [2.75, 3.05) is 30.9 Å². The summed E-state index contributed by atoms with van der Waals surface area (Å²) < 4.78 is 40.8. The fraction of sp³-hybridized carbons (Fsp3) is 0.250. The topological polar surface area (TPSA) is 54.5 Å². The normalized spacial score (nSPS) is 11.1. The van der Waals surface area contributed by atoms with Crippen molar-refractivity contribution >= 4 is 28.9 Å². The minimum Gasteiger partial charge on any atom is -0.468 e. The van der Waals surface area contributed by atoms with E-state index in [0.29, 0.717) is 10.7 Å². The smallest absolute Gasteiger partial charge is 0.422 e. The van der Waals surface area contributed by atoms with E-state index in [1.54, 1.807) is 23.1 Å². The highest BCUT2D eigenvalue weighted by Gasteiger charge is 2.28. The maximum atomic E-state index is 12.3. The highest BCUT2D eigenvalue weighted by atomic mass is 35.5. The zero-order valence-corrected chi connectivity index (χ0v) is 14.1. The van der Waals surface area contributed by atoms with E-state index in [9.17, 15) is 18.0 Å². The highest BCUT2D eigenvalue weighted by Crippen LogP contribution is 2.28. The molecule has 2 rings (SSSR count). The molecule has 9 heteroatoms. The summed E-state index contributed by atoms with van der Waals surface area (Å²) in [5.41, 5.74) is 1.42. The number of anilines is 2. The number of halogens is 4. The first-order valence-electron chi connectivity index (χ1n) is 7.09. The van der Waals surface area contributed by atoms with Crippen LogP contribution >= 0.6 is 11.6 Å². The molecule has 25 heavy (non-hydrogen) atoms. The highest BCUT2D eigenvalue weighted by molar-refractivity contribution is 6.31. The Labute approximate surface area is 147 Å². The molecule has 0 bridgehead atoms. The first kappa shape index (κ1) is 18.9. The molecule has 1 heterocycles. The van der Waals surface area contributed by atoms with Crippen LogP contribution in [0, 0.1) is 0 Å². The van der Waals surface area contributed by atoms with E-state index in [1.165, 1.54) is 12.1 Å². The van der Waals surface area contributed by atoms with Crippen LogP contribution in [0.3, 0.4) is 0 Å². The van der Waals surface area contributed by atoms with Crippen LogP contribution in [0.25, 0.3) is 0 Å². The second-order valence-electron chi connectivity index (χ2n) is 5.30. The Hall–Kier alpha value is -2.48. The van der Waals surface area contributed by atoms with E-state index in [2.05, 4.69) is 15.0 Å². The summed E-state index contributed by atoms with van der Waals surface area (Å²) in [5.74, 6) is -0.689. The third-order valence-corrected chi connectivity index (χ3v) is 3.31. The number of nitrogens with zero attached hydrogens (tertiary/aromatic N) is 2. The van der Waals surface area contributed by atoms with Gasteiger partial charge in [0.2, 0.25) is 5.88 Å². The molecule has 0 saturated carbocycles. The number of alkyl halides is 3. The molecule has 1 aromatic heterocycles. The fourth-order valence-electron chi connectivity index (χ4n) is 1.95. The molecule has 0 saturated heterocycles. The maximum absolute atomic E-state index is 12.3. The Morgan fingerprint density at radius 3 is 2.56 bits per heavy atom. The number of aromatic nitrogens is 1. The predicted molar refractivity (Wildman–Crippen MR) is 89.5 cm³/mol. The van der Waals surface area contributed by atoms with E-state index < -0.39 is 18.7 Å². The van der Waals surface area contributed by atoms with Gasteiger partial charge in [0.15, 0.2) is 6.61 Å². The van der Waals surface area contributed by atoms with Crippen molar-refractivity contribution in [1.29, 1.82) is 0 Å². The summed E-state index contributed by atoms with van der Waals surface area (Å²) in [6.45, 7) is -1.44. The van der Waals surface area contributed by atoms with E-state index >= 15 is 0 Å². The second-order valence-corrected chi connectivity index (χ2v) is 5.74. The van der Waals surface area contributed by atoms with Crippen LogP contribution in [0.4, 0.5) is 24.5 Å². The molecule has 0 aliphatic heterocycles. The minimum absolute atomic E-state index is 0.170. The van der Waals surface area contributed by atoms with Gasteiger partial charge in [-0.2, -0.15) is 13.2 Å². The summed E-state index contributed by atoms with van der Waals surface area (Å²) >= 11 is 5.95. The predicted octanol–water partition coefficient (Wildman–Crippen LogP) is 3.99. The maximum Gasteiger partial charge on any atom is 0.422 e. The van der Waals surface area contributed by atoms with Crippen LogP contribution < -0.4 is 15.0 Å². The van der Waals surface area contributed by atoms with Gasteiger partial charge in [0.05, 0.1) is 16.9 Å². The molecule has 5 nitrogen and oxygen atoms in total. The molecule has 0 unspecified atom stereocenters. The SMILES string of the molecule is CN(C)c1ccc(Cl)cc1NC(=O)c1ccc(OCC(F)(F)F)nc1. The van der Waals surface area contributed by atoms with Gasteiger partial charge in [0.1, 0.15) is 0 Å². The monoisotopic (exact) mass is 373 g/mol. The summed E-state index contributed by atoms with van der Waals surface area (Å²) in [5, 5.41) is 3.15. The molecule has 0 fully saturated rings. The van der Waals surface area contributed by atoms with E-state index in [0.717, 1.165) is 11.9 Å². The molecule has 0 aliphatic carbocycles. The van der Waals surface area contributed by atoms with Crippen molar-refractivity contribution in [3.63, 3.8) is 0 Å². The first-order chi connectivity index (χ1) is 11.7. The lowest BCUT2D eigenvalue weighted by Crippen LogP contribution is -2.20. The summed E-state index contributed by atoms with van der Waals surface area (Å²) in [6.07, 6.45) is -3.31. The van der Waals surface area contributed by atoms with Gasteiger partial charge in [-0.25, -0.2) is 4.98 Å². The largest absolute Gasteiger partial charge is 0.468 e. The lowest BCUT2D eigenvalue weighted by atomic mass is 10.2. The first-order valence-corrected chi connectivity index (χ1v) is 7.47. The summed E-state index contributed by atoms with van der Waals surface area (Å²) in [7, 11) is 3.63. The van der Waals surface area contributed by atoms with Crippen LogP contribution in [0.15, 0.2) is 36.5 Å². The zero-order chi connectivity index (χ0) is 18.6. The van der Waals surface area contributed by atoms with E-state index in [4.69, 9.17) is 11.6 Å². The Balaban J connectivity index is 2.10. The van der Waals surface area contributed by atoms with Crippen LogP contribution in [0.1, 0.15) is 10.4 Å². The molecular formula is C16H15ClF3N3O2. The molecule has 2 aromatic rings. The molecule has 1 amide bonds. The van der Waals surface area contributed by atoms with Gasteiger partial charge in [-0.15, -0.1) is 0 Å². The molecule has 1 aromatic carbocycles. The number of ether oxygens (including phenoxy) is 1. The number of carbonyl (C=O) groups excluding carboxylic acids is 1. The molecular weight excluding hydrogens is 359 g/mol. The third-order valence-electron chi connectivity index (χ3n) is 3.07. The molecule has 0 spiro atoms. The summed E-state index contributed by atoms with van der Waals surface area (Å²) in [6, 6.07) is 7.58. The number of rotatable bonds is 5. The fourth-order valence-corrected chi connectivity index (χ4v) is 2.12. The Morgan fingerprint density at radius 1 is 1.28 bits per heavy atom. The van der Waals surface area contributed by atoms with E-state index in [-0.39, 0.29) is 11.4 Å². The Kier molecular flexibility index (Phi) is 5.73. The lowest BCUT2D eigenvalue weighted by Gasteiger charge is -2.18. The standard InChI is InChI=1S/C16H15ClF3N3O2/c1-23(2)13-5-4-11(17)7-12(13)22-15(24)10-3-6-14(21-8-10)25-9-16(18,19)20/h3-8H,9H2,1-2H3,(H,22,24). The number of amides is 1. The van der Waals surface area contributed by atoms with Crippen LogP contribution in [-0.2, 0) is 0 Å². The second kappa shape index (κ2) is 7.60. The van der Waals surface area contributed by atoms with Crippen molar-refractivity contribution in [3.8, 4) is 5.88 Å². The molecule has 0 atom stereocenters. The quantitative estimate of drug-likeness (QED) is 0.861. The average molecular weight is 374 g/mol. The molecule has 134 valence electrons. The van der Waals surface area contributed by atoms with Crippen molar-refractivity contribution in [2.45, 2.75) is 6.18 Å².